The van der Waals surface area contributed by atoms with Crippen molar-refractivity contribution in [1.29, 1.82) is 0 Å². The lowest BCUT2D eigenvalue weighted by Gasteiger charge is -2.32. The van der Waals surface area contributed by atoms with E-state index in [4.69, 9.17) is 6.42 Å². The fourth-order valence-electron chi connectivity index (χ4n) is 5.46. The Labute approximate surface area is 225 Å². The van der Waals surface area contributed by atoms with Crippen molar-refractivity contribution in [3.63, 3.8) is 0 Å². The van der Waals surface area contributed by atoms with E-state index < -0.39 is 10.5 Å². The van der Waals surface area contributed by atoms with Gasteiger partial charge in [0.05, 0.1) is 16.9 Å². The maximum atomic E-state index is 14.1. The second kappa shape index (κ2) is 9.56. The van der Waals surface area contributed by atoms with Crippen LogP contribution in [-0.4, -0.2) is 31.1 Å². The van der Waals surface area contributed by atoms with Gasteiger partial charge in [0.15, 0.2) is 5.43 Å². The number of benzene rings is 3. The van der Waals surface area contributed by atoms with E-state index in [1.807, 2.05) is 36.4 Å². The van der Waals surface area contributed by atoms with E-state index in [1.165, 1.54) is 12.1 Å². The summed E-state index contributed by atoms with van der Waals surface area (Å²) in [6, 6.07) is 16.0. The first-order valence-electron chi connectivity index (χ1n) is 12.9. The smallest absolute Gasteiger partial charge is 0.358 e. The Morgan fingerprint density at radius 3 is 2.64 bits per heavy atom. The number of aryl methyl sites for hydroxylation is 1. The Morgan fingerprint density at radius 1 is 1.13 bits per heavy atom. The molecule has 7 nitrogen and oxygen atoms in total. The highest BCUT2D eigenvalue weighted by molar-refractivity contribution is 7.81. The Hall–Kier alpha value is -4.13. The number of H-pyrrole nitrogens is 1. The van der Waals surface area contributed by atoms with Crippen LogP contribution in [0.15, 0.2) is 59.4 Å². The third-order valence-electron chi connectivity index (χ3n) is 7.40. The topological polar surface area (TPSA) is 93.2 Å². The molecular formula is C30H26FN3O4S. The molecule has 2 aromatic heterocycles. The predicted octanol–water partition coefficient (Wildman–Crippen LogP) is 5.36. The number of rotatable bonds is 7. The van der Waals surface area contributed by atoms with Crippen LogP contribution in [0.1, 0.15) is 36.9 Å². The number of hydrogen-bond acceptors (Lipinski definition) is 5. The third-order valence-corrected chi connectivity index (χ3v) is 7.80. The van der Waals surface area contributed by atoms with E-state index in [0.29, 0.717) is 16.3 Å². The summed E-state index contributed by atoms with van der Waals surface area (Å²) in [6.45, 7) is 3.60. The Kier molecular flexibility index (Phi) is 6.17. The number of aromatic nitrogens is 2. The molecule has 0 unspecified atom stereocenters. The molecule has 1 aliphatic rings. The van der Waals surface area contributed by atoms with E-state index in [1.54, 1.807) is 6.07 Å². The van der Waals surface area contributed by atoms with Crippen LogP contribution >= 0.6 is 0 Å². The summed E-state index contributed by atoms with van der Waals surface area (Å²) in [6.07, 6.45) is 8.20. The Balaban J connectivity index is 1.68. The number of nitrogens with one attached hydrogen (secondary N) is 2. The molecule has 1 saturated heterocycles. The van der Waals surface area contributed by atoms with Gasteiger partial charge < -0.3 is 19.1 Å². The molecule has 2 N–H and O–H groups in total. The van der Waals surface area contributed by atoms with Crippen LogP contribution in [0.25, 0.3) is 44.0 Å². The summed E-state index contributed by atoms with van der Waals surface area (Å²) < 4.78 is 42.2. The first kappa shape index (κ1) is 25.2. The van der Waals surface area contributed by atoms with Crippen molar-refractivity contribution in [3.05, 3.63) is 75.9 Å². The first-order chi connectivity index (χ1) is 18.8. The van der Waals surface area contributed by atoms with Crippen LogP contribution in [-0.2, 0) is 16.9 Å². The molecular weight excluding hydrogens is 517 g/mol. The molecule has 0 radical (unpaired) electrons. The zero-order valence-electron chi connectivity index (χ0n) is 21.3. The van der Waals surface area contributed by atoms with E-state index in [0.717, 1.165) is 71.1 Å². The predicted molar refractivity (Wildman–Crippen MR) is 152 cm³/mol. The van der Waals surface area contributed by atoms with Gasteiger partial charge in [0.1, 0.15) is 11.4 Å². The van der Waals surface area contributed by atoms with Crippen molar-refractivity contribution >= 4 is 43.3 Å². The molecule has 3 heterocycles. The number of pyridine rings is 1. The van der Waals surface area contributed by atoms with Gasteiger partial charge >= 0.3 is 10.5 Å². The minimum atomic E-state index is -5.17. The lowest BCUT2D eigenvalue weighted by Crippen LogP contribution is -2.44. The third kappa shape index (κ3) is 4.46. The van der Waals surface area contributed by atoms with Crippen LogP contribution in [0.5, 0.6) is 5.75 Å². The van der Waals surface area contributed by atoms with Crippen LogP contribution in [0.3, 0.4) is 0 Å². The fourth-order valence-corrected chi connectivity index (χ4v) is 5.80. The van der Waals surface area contributed by atoms with Gasteiger partial charge in [-0.2, -0.15) is 8.42 Å². The molecule has 5 aromatic rings. The number of unbranched alkanes of at least 4 members (excludes halogenated alkanes) is 1. The summed E-state index contributed by atoms with van der Waals surface area (Å²) in [7, 11) is -5.17. The fraction of sp³-hybridized carbons (Fsp3) is 0.233. The number of hydrogen-bond donors (Lipinski definition) is 2. The maximum Gasteiger partial charge on any atom is 0.488 e. The zero-order valence-corrected chi connectivity index (χ0v) is 22.1. The van der Waals surface area contributed by atoms with Gasteiger partial charge in [-0.15, -0.1) is 6.42 Å². The van der Waals surface area contributed by atoms with Crippen molar-refractivity contribution < 1.29 is 16.5 Å². The molecule has 0 aliphatic carbocycles. The van der Waals surface area contributed by atoms with E-state index >= 15 is 0 Å². The van der Waals surface area contributed by atoms with Gasteiger partial charge in [0.25, 0.3) is 0 Å². The van der Waals surface area contributed by atoms with E-state index in [9.17, 15) is 17.1 Å². The summed E-state index contributed by atoms with van der Waals surface area (Å²) in [5.74, 6) is 2.54. The van der Waals surface area contributed by atoms with Gasteiger partial charge in [-0.05, 0) is 65.9 Å². The molecule has 0 amide bonds. The monoisotopic (exact) mass is 543 g/mol. The van der Waals surface area contributed by atoms with Gasteiger partial charge in [0, 0.05) is 34.9 Å². The highest BCUT2D eigenvalue weighted by Gasteiger charge is 2.26. The largest absolute Gasteiger partial charge is 0.488 e. The van der Waals surface area contributed by atoms with Gasteiger partial charge in [-0.25, -0.2) is 0 Å². The number of aromatic amines is 1. The van der Waals surface area contributed by atoms with E-state index in [2.05, 4.69) is 31.9 Å². The standard InChI is InChI=1S/C30H26FN3O4S/c1-3-5-7-20-14-25-27(15-24(20)19-8-6-9-22(13-19)38-39(31,36)37)34(21-16-32-17-21)30-28(29(25)35)23-11-10-18(4-2)12-26(23)33-30/h2,6,8-15,21,32-33H,3,5,7,16-17H2,1H3. The molecule has 9 heteroatoms. The SMILES string of the molecule is C#Cc1ccc2c(c1)[nH]c1c2c(=O)c2cc(CCCC)c(-c3cccc(OS(=O)(=O)F)c3)cc2n1C1CNC1. The average Bonchev–Trinajstić information content (AvgIpc) is 3.26. The molecule has 0 spiro atoms. The molecule has 0 atom stereocenters. The average molecular weight is 544 g/mol. The highest BCUT2D eigenvalue weighted by Crippen LogP contribution is 2.36. The molecule has 6 rings (SSSR count). The minimum Gasteiger partial charge on any atom is -0.358 e. The molecule has 0 saturated carbocycles. The Morgan fingerprint density at radius 2 is 1.95 bits per heavy atom. The molecule has 1 fully saturated rings. The van der Waals surface area contributed by atoms with Gasteiger partial charge in [-0.3, -0.25) is 4.79 Å². The van der Waals surface area contributed by atoms with Crippen molar-refractivity contribution in [2.75, 3.05) is 13.1 Å². The molecule has 0 bridgehead atoms. The summed E-state index contributed by atoms with van der Waals surface area (Å²) in [4.78, 5) is 17.5. The quantitative estimate of drug-likeness (QED) is 0.213. The minimum absolute atomic E-state index is 0.0619. The van der Waals surface area contributed by atoms with E-state index in [-0.39, 0.29) is 17.2 Å². The van der Waals surface area contributed by atoms with Crippen LogP contribution < -0.4 is 14.9 Å². The normalized spacial score (nSPS) is 14.1. The van der Waals surface area contributed by atoms with Crippen molar-refractivity contribution in [1.82, 2.24) is 14.9 Å². The Bertz CT molecular complexity index is 1980. The number of nitrogens with zero attached hydrogens (tertiary/aromatic N) is 1. The highest BCUT2D eigenvalue weighted by atomic mass is 32.3. The second-order valence-corrected chi connectivity index (χ2v) is 10.9. The van der Waals surface area contributed by atoms with Crippen molar-refractivity contribution in [2.45, 2.75) is 32.2 Å². The molecule has 39 heavy (non-hydrogen) atoms. The molecule has 1 aliphatic heterocycles. The van der Waals surface area contributed by atoms with Crippen LogP contribution in [0, 0.1) is 12.3 Å². The molecule has 3 aromatic carbocycles. The first-order valence-corrected chi connectivity index (χ1v) is 14.2. The van der Waals surface area contributed by atoms with Crippen LogP contribution in [0.2, 0.25) is 0 Å². The van der Waals surface area contributed by atoms with Gasteiger partial charge in [0.2, 0.25) is 0 Å². The lowest BCUT2D eigenvalue weighted by atomic mass is 9.93. The van der Waals surface area contributed by atoms with Gasteiger partial charge in [-0.1, -0.05) is 41.3 Å². The van der Waals surface area contributed by atoms with Crippen LogP contribution in [0.4, 0.5) is 3.89 Å². The maximum absolute atomic E-state index is 14.1. The zero-order chi connectivity index (χ0) is 27.3. The number of halogens is 1. The second-order valence-electron chi connectivity index (χ2n) is 9.90. The summed E-state index contributed by atoms with van der Waals surface area (Å²) >= 11 is 0. The lowest BCUT2D eigenvalue weighted by molar-refractivity contribution is 0.357. The number of fused-ring (bicyclic) bond motifs is 4. The van der Waals surface area contributed by atoms with Crippen molar-refractivity contribution in [3.8, 4) is 29.2 Å². The summed E-state index contributed by atoms with van der Waals surface area (Å²) in [5.41, 5.74) is 5.43. The van der Waals surface area contributed by atoms with Crippen molar-refractivity contribution in [2.24, 2.45) is 0 Å². The number of terminal acetylenes is 1. The molecule has 198 valence electrons. The summed E-state index contributed by atoms with van der Waals surface area (Å²) in [5, 5.41) is 5.40.